The first-order valence-electron chi connectivity index (χ1n) is 5.28. The van der Waals surface area contributed by atoms with Gasteiger partial charge in [0.05, 0.1) is 5.02 Å². The number of phenols is 1. The minimum absolute atomic E-state index is 0.203. The quantitative estimate of drug-likeness (QED) is 0.831. The van der Waals surface area contributed by atoms with Crippen molar-refractivity contribution in [3.63, 3.8) is 0 Å². The van der Waals surface area contributed by atoms with Gasteiger partial charge in [0.1, 0.15) is 5.75 Å². The Kier molecular flexibility index (Phi) is 4.43. The molecule has 0 radical (unpaired) electrons. The first kappa shape index (κ1) is 12.3. The van der Waals surface area contributed by atoms with E-state index in [1.807, 2.05) is 12.1 Å². The van der Waals surface area contributed by atoms with Gasteiger partial charge >= 0.3 is 0 Å². The molecular weight excluding hydrogens is 210 g/mol. The van der Waals surface area contributed by atoms with E-state index in [1.54, 1.807) is 0 Å². The highest BCUT2D eigenvalue weighted by Crippen LogP contribution is 2.30. The Bertz CT molecular complexity index is 339. The van der Waals surface area contributed by atoms with Gasteiger partial charge in [-0.05, 0) is 42.5 Å². The molecule has 0 aliphatic heterocycles. The van der Waals surface area contributed by atoms with Gasteiger partial charge < -0.3 is 10.8 Å². The van der Waals surface area contributed by atoms with Gasteiger partial charge in [-0.1, -0.05) is 31.5 Å². The SMILES string of the molecule is CCc1cc(Cl)c(O)c(CC(C)CN)c1. The number of hydrogen-bond acceptors (Lipinski definition) is 2. The summed E-state index contributed by atoms with van der Waals surface area (Å²) in [7, 11) is 0. The van der Waals surface area contributed by atoms with Crippen LogP contribution in [0.2, 0.25) is 5.02 Å². The summed E-state index contributed by atoms with van der Waals surface area (Å²) in [6.45, 7) is 4.75. The van der Waals surface area contributed by atoms with Crippen LogP contribution < -0.4 is 5.73 Å². The zero-order valence-electron chi connectivity index (χ0n) is 9.26. The molecule has 0 aromatic heterocycles. The summed E-state index contributed by atoms with van der Waals surface area (Å²) in [5.74, 6) is 0.563. The van der Waals surface area contributed by atoms with E-state index < -0.39 is 0 Å². The van der Waals surface area contributed by atoms with E-state index >= 15 is 0 Å². The Morgan fingerprint density at radius 1 is 1.47 bits per heavy atom. The minimum atomic E-state index is 0.203. The van der Waals surface area contributed by atoms with Crippen LogP contribution in [0.25, 0.3) is 0 Å². The number of halogens is 1. The molecule has 3 heteroatoms. The van der Waals surface area contributed by atoms with Gasteiger partial charge in [0.15, 0.2) is 0 Å². The summed E-state index contributed by atoms with van der Waals surface area (Å²) in [6, 6.07) is 3.82. The Labute approximate surface area is 96.1 Å². The average molecular weight is 228 g/mol. The van der Waals surface area contributed by atoms with Crippen LogP contribution in [0.4, 0.5) is 0 Å². The molecular formula is C12H18ClNO. The van der Waals surface area contributed by atoms with E-state index in [-0.39, 0.29) is 5.75 Å². The smallest absolute Gasteiger partial charge is 0.137 e. The fourth-order valence-electron chi connectivity index (χ4n) is 1.54. The molecule has 0 aliphatic rings. The van der Waals surface area contributed by atoms with Gasteiger partial charge in [-0.25, -0.2) is 0 Å². The first-order chi connectivity index (χ1) is 7.08. The van der Waals surface area contributed by atoms with Crippen molar-refractivity contribution >= 4 is 11.6 Å². The van der Waals surface area contributed by atoms with Crippen molar-refractivity contribution in [3.8, 4) is 5.75 Å². The van der Waals surface area contributed by atoms with Crippen molar-refractivity contribution in [2.24, 2.45) is 11.7 Å². The van der Waals surface area contributed by atoms with Gasteiger partial charge in [0, 0.05) is 0 Å². The molecule has 0 spiro atoms. The molecule has 0 aliphatic carbocycles. The van der Waals surface area contributed by atoms with E-state index in [0.717, 1.165) is 24.0 Å². The lowest BCUT2D eigenvalue weighted by atomic mass is 9.98. The van der Waals surface area contributed by atoms with Crippen LogP contribution in [-0.2, 0) is 12.8 Å². The topological polar surface area (TPSA) is 46.2 Å². The molecule has 0 heterocycles. The predicted octanol–water partition coefficient (Wildman–Crippen LogP) is 2.75. The predicted molar refractivity (Wildman–Crippen MR) is 64.4 cm³/mol. The van der Waals surface area contributed by atoms with Crippen molar-refractivity contribution in [1.82, 2.24) is 0 Å². The second-order valence-corrected chi connectivity index (χ2v) is 4.39. The third-order valence-electron chi connectivity index (χ3n) is 2.58. The average Bonchev–Trinajstić information content (AvgIpc) is 2.24. The van der Waals surface area contributed by atoms with Gasteiger partial charge in [-0.2, -0.15) is 0 Å². The summed E-state index contributed by atoms with van der Waals surface area (Å²) in [4.78, 5) is 0. The molecule has 1 aromatic rings. The van der Waals surface area contributed by atoms with Crippen LogP contribution >= 0.6 is 11.6 Å². The monoisotopic (exact) mass is 227 g/mol. The van der Waals surface area contributed by atoms with Crippen LogP contribution in [0.5, 0.6) is 5.75 Å². The lowest BCUT2D eigenvalue weighted by Gasteiger charge is -2.12. The second kappa shape index (κ2) is 5.38. The number of rotatable bonds is 4. The molecule has 0 bridgehead atoms. The summed E-state index contributed by atoms with van der Waals surface area (Å²) in [5, 5.41) is 10.2. The van der Waals surface area contributed by atoms with E-state index in [1.165, 1.54) is 0 Å². The lowest BCUT2D eigenvalue weighted by molar-refractivity contribution is 0.460. The first-order valence-corrected chi connectivity index (χ1v) is 5.66. The molecule has 0 saturated heterocycles. The van der Waals surface area contributed by atoms with Crippen molar-refractivity contribution in [1.29, 1.82) is 0 Å². The molecule has 0 saturated carbocycles. The highest BCUT2D eigenvalue weighted by atomic mass is 35.5. The fraction of sp³-hybridized carbons (Fsp3) is 0.500. The molecule has 15 heavy (non-hydrogen) atoms. The number of nitrogens with two attached hydrogens (primary N) is 1. The van der Waals surface area contributed by atoms with Gasteiger partial charge in [-0.15, -0.1) is 0 Å². The molecule has 1 atom stereocenters. The lowest BCUT2D eigenvalue weighted by Crippen LogP contribution is -2.13. The Hall–Kier alpha value is -0.730. The largest absolute Gasteiger partial charge is 0.506 e. The maximum Gasteiger partial charge on any atom is 0.137 e. The van der Waals surface area contributed by atoms with E-state index in [9.17, 15) is 5.11 Å². The number of benzene rings is 1. The molecule has 3 N–H and O–H groups in total. The minimum Gasteiger partial charge on any atom is -0.506 e. The molecule has 0 amide bonds. The van der Waals surface area contributed by atoms with Gasteiger partial charge in [0.25, 0.3) is 0 Å². The summed E-state index contributed by atoms with van der Waals surface area (Å²) in [5.41, 5.74) is 7.61. The Morgan fingerprint density at radius 2 is 2.13 bits per heavy atom. The van der Waals surface area contributed by atoms with Crippen molar-refractivity contribution in [3.05, 3.63) is 28.3 Å². The maximum absolute atomic E-state index is 9.79. The molecule has 1 aromatic carbocycles. The van der Waals surface area contributed by atoms with Crippen LogP contribution in [0.3, 0.4) is 0 Å². The third-order valence-corrected chi connectivity index (χ3v) is 2.87. The number of aryl methyl sites for hydroxylation is 1. The number of hydrogen-bond donors (Lipinski definition) is 2. The molecule has 1 unspecified atom stereocenters. The normalized spacial score (nSPS) is 12.8. The number of aromatic hydroxyl groups is 1. The van der Waals surface area contributed by atoms with Gasteiger partial charge in [-0.3, -0.25) is 0 Å². The van der Waals surface area contributed by atoms with Crippen LogP contribution in [0.15, 0.2) is 12.1 Å². The Morgan fingerprint density at radius 3 is 2.67 bits per heavy atom. The molecule has 0 fully saturated rings. The molecule has 2 nitrogen and oxygen atoms in total. The standard InChI is InChI=1S/C12H18ClNO/c1-3-9-5-10(4-8(2)7-14)12(15)11(13)6-9/h5-6,8,15H,3-4,7,14H2,1-2H3. The Balaban J connectivity index is 2.99. The fourth-order valence-corrected chi connectivity index (χ4v) is 1.80. The van der Waals surface area contributed by atoms with Crippen LogP contribution in [0, 0.1) is 5.92 Å². The zero-order chi connectivity index (χ0) is 11.4. The van der Waals surface area contributed by atoms with E-state index in [2.05, 4.69) is 13.8 Å². The van der Waals surface area contributed by atoms with E-state index in [4.69, 9.17) is 17.3 Å². The third kappa shape index (κ3) is 3.11. The molecule has 84 valence electrons. The van der Waals surface area contributed by atoms with Crippen molar-refractivity contribution in [2.45, 2.75) is 26.7 Å². The van der Waals surface area contributed by atoms with Gasteiger partial charge in [0.2, 0.25) is 0 Å². The van der Waals surface area contributed by atoms with Crippen LogP contribution in [-0.4, -0.2) is 11.7 Å². The highest BCUT2D eigenvalue weighted by Gasteiger charge is 2.10. The number of phenolic OH excluding ortho intramolecular Hbond substituents is 1. The zero-order valence-corrected chi connectivity index (χ0v) is 10.0. The summed E-state index contributed by atoms with van der Waals surface area (Å²) >= 11 is 5.94. The summed E-state index contributed by atoms with van der Waals surface area (Å²) in [6.07, 6.45) is 1.69. The molecule has 1 rings (SSSR count). The van der Waals surface area contributed by atoms with Crippen molar-refractivity contribution < 1.29 is 5.11 Å². The summed E-state index contributed by atoms with van der Waals surface area (Å²) < 4.78 is 0. The second-order valence-electron chi connectivity index (χ2n) is 3.98. The maximum atomic E-state index is 9.79. The van der Waals surface area contributed by atoms with Crippen molar-refractivity contribution in [2.75, 3.05) is 6.54 Å². The van der Waals surface area contributed by atoms with E-state index in [0.29, 0.717) is 17.5 Å². The van der Waals surface area contributed by atoms with Crippen LogP contribution in [0.1, 0.15) is 25.0 Å². The highest BCUT2D eigenvalue weighted by molar-refractivity contribution is 6.32.